The van der Waals surface area contributed by atoms with Crippen molar-refractivity contribution in [3.05, 3.63) is 58.6 Å². The van der Waals surface area contributed by atoms with E-state index in [1.165, 1.54) is 18.2 Å². The maximum absolute atomic E-state index is 12.2. The highest BCUT2D eigenvalue weighted by molar-refractivity contribution is 7.87. The van der Waals surface area contributed by atoms with Gasteiger partial charge >= 0.3 is 10.1 Å². The lowest BCUT2D eigenvalue weighted by Crippen LogP contribution is -2.10. The number of rotatable bonds is 3. The van der Waals surface area contributed by atoms with Gasteiger partial charge < -0.3 is 4.18 Å². The van der Waals surface area contributed by atoms with Crippen LogP contribution in [-0.4, -0.2) is 8.42 Å². The first-order chi connectivity index (χ1) is 9.44. The first kappa shape index (κ1) is 14.4. The molecule has 0 saturated heterocycles. The Morgan fingerprint density at radius 3 is 2.40 bits per heavy atom. The maximum Gasteiger partial charge on any atom is 0.339 e. The molecule has 2 aromatic carbocycles. The molecule has 0 bridgehead atoms. The van der Waals surface area contributed by atoms with E-state index in [4.69, 9.17) is 22.2 Å². The number of aryl methyl sites for hydroxylation is 1. The van der Waals surface area contributed by atoms with Gasteiger partial charge in [-0.25, -0.2) is 0 Å². The minimum absolute atomic E-state index is 0.0422. The van der Waals surface area contributed by atoms with Gasteiger partial charge in [0.1, 0.15) is 4.90 Å². The van der Waals surface area contributed by atoms with Crippen LogP contribution in [0.2, 0.25) is 5.02 Å². The molecule has 0 saturated carbocycles. The zero-order valence-electron chi connectivity index (χ0n) is 10.6. The molecule has 102 valence electrons. The quantitative estimate of drug-likeness (QED) is 0.645. The maximum atomic E-state index is 12.2. The number of hydrogen-bond donors (Lipinski definition) is 0. The molecular formula is C15H11ClO3S. The van der Waals surface area contributed by atoms with Gasteiger partial charge in [0.05, 0.1) is 10.6 Å². The predicted octanol–water partition coefficient (Wildman–Crippen LogP) is 3.40. The van der Waals surface area contributed by atoms with Gasteiger partial charge in [0.15, 0.2) is 5.75 Å². The van der Waals surface area contributed by atoms with E-state index in [9.17, 15) is 8.42 Å². The van der Waals surface area contributed by atoms with Gasteiger partial charge in [0, 0.05) is 0 Å². The van der Waals surface area contributed by atoms with Gasteiger partial charge in [-0.15, -0.1) is 6.42 Å². The van der Waals surface area contributed by atoms with E-state index in [1.807, 2.05) is 6.92 Å². The minimum atomic E-state index is -3.93. The molecule has 0 heterocycles. The molecule has 0 N–H and O–H groups in total. The molecule has 0 amide bonds. The lowest BCUT2D eigenvalue weighted by molar-refractivity contribution is 0.485. The van der Waals surface area contributed by atoms with Crippen molar-refractivity contribution in [2.24, 2.45) is 0 Å². The summed E-state index contributed by atoms with van der Waals surface area (Å²) in [5.74, 6) is 2.37. The third-order valence-corrected chi connectivity index (χ3v) is 4.19. The molecule has 2 rings (SSSR count). The van der Waals surface area contributed by atoms with E-state index < -0.39 is 10.1 Å². The fourth-order valence-corrected chi connectivity index (χ4v) is 2.75. The summed E-state index contributed by atoms with van der Waals surface area (Å²) in [4.78, 5) is 0.0612. The summed E-state index contributed by atoms with van der Waals surface area (Å²) in [5.41, 5.74) is 1.17. The molecule has 0 aliphatic carbocycles. The summed E-state index contributed by atoms with van der Waals surface area (Å²) in [5, 5.41) is 0.268. The Hall–Kier alpha value is -1.96. The zero-order valence-corrected chi connectivity index (χ0v) is 12.2. The van der Waals surface area contributed by atoms with E-state index in [-0.39, 0.29) is 21.2 Å². The fraction of sp³-hybridized carbons (Fsp3) is 0.0667. The number of benzene rings is 2. The van der Waals surface area contributed by atoms with Gasteiger partial charge in [-0.1, -0.05) is 41.3 Å². The summed E-state index contributed by atoms with van der Waals surface area (Å²) in [7, 11) is -3.93. The Labute approximate surface area is 123 Å². The summed E-state index contributed by atoms with van der Waals surface area (Å²) in [6, 6.07) is 10.9. The van der Waals surface area contributed by atoms with Crippen LogP contribution in [0.15, 0.2) is 47.4 Å². The second-order valence-corrected chi connectivity index (χ2v) is 6.06. The van der Waals surface area contributed by atoms with Crippen LogP contribution in [0.1, 0.15) is 11.1 Å². The monoisotopic (exact) mass is 306 g/mol. The van der Waals surface area contributed by atoms with Crippen LogP contribution in [0.3, 0.4) is 0 Å². The van der Waals surface area contributed by atoms with E-state index in [0.717, 1.165) is 5.56 Å². The molecule has 0 aliphatic rings. The standard InChI is InChI=1S/C15H11ClO3S/c1-3-13-14(16)5-4-6-15(13)19-20(17,18)12-9-7-11(2)8-10-12/h1,4-10H,2H3. The Morgan fingerprint density at radius 1 is 1.15 bits per heavy atom. The van der Waals surface area contributed by atoms with E-state index >= 15 is 0 Å². The minimum Gasteiger partial charge on any atom is -0.378 e. The lowest BCUT2D eigenvalue weighted by Gasteiger charge is -2.09. The number of hydrogen-bond acceptors (Lipinski definition) is 3. The van der Waals surface area contributed by atoms with Gasteiger partial charge in [-0.3, -0.25) is 0 Å². The SMILES string of the molecule is C#Cc1c(Cl)cccc1OS(=O)(=O)c1ccc(C)cc1. The van der Waals surface area contributed by atoms with Gasteiger partial charge in [0.2, 0.25) is 0 Å². The first-order valence-electron chi connectivity index (χ1n) is 5.70. The Morgan fingerprint density at radius 2 is 1.80 bits per heavy atom. The van der Waals surface area contributed by atoms with Gasteiger partial charge in [0.25, 0.3) is 0 Å². The molecule has 0 spiro atoms. The molecule has 20 heavy (non-hydrogen) atoms. The van der Waals surface area contributed by atoms with Crippen molar-refractivity contribution in [3.63, 3.8) is 0 Å². The smallest absolute Gasteiger partial charge is 0.339 e. The molecule has 5 heteroatoms. The van der Waals surface area contributed by atoms with Crippen molar-refractivity contribution >= 4 is 21.7 Å². The molecule has 3 nitrogen and oxygen atoms in total. The summed E-state index contributed by atoms with van der Waals surface area (Å²) in [6.45, 7) is 1.87. The molecule has 2 aromatic rings. The molecule has 0 aromatic heterocycles. The largest absolute Gasteiger partial charge is 0.378 e. The van der Waals surface area contributed by atoms with Crippen LogP contribution >= 0.6 is 11.6 Å². The average Bonchev–Trinajstić information content (AvgIpc) is 2.39. The van der Waals surface area contributed by atoms with E-state index in [0.29, 0.717) is 0 Å². The zero-order chi connectivity index (χ0) is 14.8. The van der Waals surface area contributed by atoms with E-state index in [1.54, 1.807) is 24.3 Å². The molecule has 0 aliphatic heterocycles. The summed E-state index contributed by atoms with van der Waals surface area (Å²) >= 11 is 5.91. The predicted molar refractivity (Wildman–Crippen MR) is 78.4 cm³/mol. The lowest BCUT2D eigenvalue weighted by atomic mass is 10.2. The average molecular weight is 307 g/mol. The van der Waals surface area contributed by atoms with Crippen LogP contribution in [0.25, 0.3) is 0 Å². The van der Waals surface area contributed by atoms with Crippen LogP contribution in [0.5, 0.6) is 5.75 Å². The highest BCUT2D eigenvalue weighted by Gasteiger charge is 2.18. The van der Waals surface area contributed by atoms with Gasteiger partial charge in [-0.2, -0.15) is 8.42 Å². The van der Waals surface area contributed by atoms with Crippen molar-refractivity contribution in [1.82, 2.24) is 0 Å². The second kappa shape index (κ2) is 5.58. The van der Waals surface area contributed by atoms with Crippen molar-refractivity contribution < 1.29 is 12.6 Å². The summed E-state index contributed by atoms with van der Waals surface area (Å²) < 4.78 is 29.4. The second-order valence-electron chi connectivity index (χ2n) is 4.11. The molecule has 0 fully saturated rings. The van der Waals surface area contributed by atoms with Crippen LogP contribution in [0, 0.1) is 19.3 Å². The van der Waals surface area contributed by atoms with Crippen LogP contribution in [-0.2, 0) is 10.1 Å². The Kier molecular flexibility index (Phi) is 4.03. The number of terminal acetylenes is 1. The molecule has 0 atom stereocenters. The molecule has 0 unspecified atom stereocenters. The van der Waals surface area contributed by atoms with Crippen molar-refractivity contribution in [1.29, 1.82) is 0 Å². The molecular weight excluding hydrogens is 296 g/mol. The molecule has 0 radical (unpaired) electrons. The van der Waals surface area contributed by atoms with Crippen LogP contribution in [0.4, 0.5) is 0 Å². The number of halogens is 1. The third kappa shape index (κ3) is 2.96. The van der Waals surface area contributed by atoms with Crippen molar-refractivity contribution in [3.8, 4) is 18.1 Å². The highest BCUT2D eigenvalue weighted by atomic mass is 35.5. The summed E-state index contributed by atoms with van der Waals surface area (Å²) in [6.07, 6.45) is 5.32. The van der Waals surface area contributed by atoms with Crippen LogP contribution < -0.4 is 4.18 Å². The third-order valence-electron chi connectivity index (χ3n) is 2.63. The van der Waals surface area contributed by atoms with Crippen molar-refractivity contribution in [2.45, 2.75) is 11.8 Å². The normalized spacial score (nSPS) is 10.8. The fourth-order valence-electron chi connectivity index (χ4n) is 1.59. The van der Waals surface area contributed by atoms with Crippen molar-refractivity contribution in [2.75, 3.05) is 0 Å². The topological polar surface area (TPSA) is 43.4 Å². The highest BCUT2D eigenvalue weighted by Crippen LogP contribution is 2.28. The van der Waals surface area contributed by atoms with Gasteiger partial charge in [-0.05, 0) is 31.2 Å². The Balaban J connectivity index is 2.42. The Bertz CT molecular complexity index is 772. The first-order valence-corrected chi connectivity index (χ1v) is 7.49. The van der Waals surface area contributed by atoms with E-state index in [2.05, 4.69) is 5.92 Å².